The number of ether oxygens (including phenoxy) is 1. The maximum Gasteiger partial charge on any atom is 0.471 e. The fraction of sp³-hybridized carbons (Fsp3) is 0.800. The molecule has 0 aromatic heterocycles. The van der Waals surface area contributed by atoms with Gasteiger partial charge < -0.3 is 9.64 Å². The third-order valence-corrected chi connectivity index (χ3v) is 2.73. The predicted octanol–water partition coefficient (Wildman–Crippen LogP) is 1.49. The second-order valence-corrected chi connectivity index (χ2v) is 3.88. The van der Waals surface area contributed by atoms with Gasteiger partial charge in [0.15, 0.2) is 0 Å². The first-order valence-corrected chi connectivity index (χ1v) is 5.33. The summed E-state index contributed by atoms with van der Waals surface area (Å²) in [5.74, 6) is -2.75. The molecule has 0 bridgehead atoms. The number of likely N-dealkylation sites (tertiary alicyclic amines) is 1. The van der Waals surface area contributed by atoms with Crippen LogP contribution in [0.4, 0.5) is 13.2 Å². The molecule has 0 spiro atoms. The van der Waals surface area contributed by atoms with Crippen LogP contribution < -0.4 is 0 Å². The molecule has 1 aliphatic rings. The molecule has 7 heteroatoms. The molecule has 0 aromatic carbocycles. The van der Waals surface area contributed by atoms with Gasteiger partial charge in [-0.25, -0.2) is 4.79 Å². The molecule has 1 saturated heterocycles. The normalized spacial score (nSPS) is 21.9. The van der Waals surface area contributed by atoms with E-state index >= 15 is 0 Å². The Morgan fingerprint density at radius 1 is 1.24 bits per heavy atom. The van der Waals surface area contributed by atoms with Crippen molar-refractivity contribution in [3.63, 3.8) is 0 Å². The lowest BCUT2D eigenvalue weighted by Crippen LogP contribution is -2.50. The third kappa shape index (κ3) is 3.34. The zero-order valence-corrected chi connectivity index (χ0v) is 9.42. The van der Waals surface area contributed by atoms with Crippen LogP contribution in [0, 0.1) is 0 Å². The summed E-state index contributed by atoms with van der Waals surface area (Å²) < 4.78 is 41.5. The molecule has 0 radical (unpaired) electrons. The van der Waals surface area contributed by atoms with Crippen molar-refractivity contribution in [1.29, 1.82) is 0 Å². The molecule has 0 saturated carbocycles. The number of hydrogen-bond donors (Lipinski definition) is 0. The highest BCUT2D eigenvalue weighted by atomic mass is 19.4. The lowest BCUT2D eigenvalue weighted by atomic mass is 10.1. The summed E-state index contributed by atoms with van der Waals surface area (Å²) in [6.45, 7) is -0.0574. The lowest BCUT2D eigenvalue weighted by Gasteiger charge is -2.28. The summed E-state index contributed by atoms with van der Waals surface area (Å²) in [5.41, 5.74) is 0. The molecular formula is C10H14F3NO3. The molecule has 1 rings (SSSR count). The molecule has 1 heterocycles. The molecule has 98 valence electrons. The van der Waals surface area contributed by atoms with Crippen LogP contribution in [0.2, 0.25) is 0 Å². The van der Waals surface area contributed by atoms with Gasteiger partial charge in [0, 0.05) is 6.54 Å². The van der Waals surface area contributed by atoms with Crippen LogP contribution >= 0.6 is 0 Å². The van der Waals surface area contributed by atoms with Gasteiger partial charge in [-0.15, -0.1) is 0 Å². The van der Waals surface area contributed by atoms with Crippen molar-refractivity contribution in [2.75, 3.05) is 13.7 Å². The van der Waals surface area contributed by atoms with Crippen LogP contribution in [0.15, 0.2) is 0 Å². The van der Waals surface area contributed by atoms with Crippen molar-refractivity contribution in [2.24, 2.45) is 0 Å². The van der Waals surface area contributed by atoms with E-state index in [-0.39, 0.29) is 13.0 Å². The number of carbonyl (C=O) groups is 2. The average Bonchev–Trinajstić information content (AvgIpc) is 2.50. The number of hydrogen-bond acceptors (Lipinski definition) is 3. The van der Waals surface area contributed by atoms with Gasteiger partial charge in [0.2, 0.25) is 0 Å². The Morgan fingerprint density at radius 2 is 1.88 bits per heavy atom. The van der Waals surface area contributed by atoms with E-state index in [1.165, 1.54) is 0 Å². The first-order chi connectivity index (χ1) is 7.88. The lowest BCUT2D eigenvalue weighted by molar-refractivity contribution is -0.190. The maximum absolute atomic E-state index is 12.4. The minimum atomic E-state index is -4.95. The monoisotopic (exact) mass is 253 g/mol. The highest BCUT2D eigenvalue weighted by molar-refractivity contribution is 5.87. The van der Waals surface area contributed by atoms with Crippen molar-refractivity contribution in [3.8, 4) is 0 Å². The van der Waals surface area contributed by atoms with E-state index in [4.69, 9.17) is 0 Å². The number of methoxy groups -OCH3 is 1. The molecule has 0 N–H and O–H groups in total. The highest BCUT2D eigenvalue weighted by Gasteiger charge is 2.46. The standard InChI is InChI=1S/C10H14F3NO3/c1-17-8(15)7-5-3-2-4-6-14(7)9(16)10(11,12)13/h7H,2-6H2,1H3/t7-/m0/s1. The molecule has 1 fully saturated rings. The van der Waals surface area contributed by atoms with Gasteiger partial charge in [-0.3, -0.25) is 4.79 Å². The molecule has 1 amide bonds. The van der Waals surface area contributed by atoms with Crippen LogP contribution in [0.1, 0.15) is 25.7 Å². The summed E-state index contributed by atoms with van der Waals surface area (Å²) in [5, 5.41) is 0. The van der Waals surface area contributed by atoms with Gasteiger partial charge in [-0.2, -0.15) is 13.2 Å². The molecule has 0 unspecified atom stereocenters. The van der Waals surface area contributed by atoms with Crippen LogP contribution in [0.25, 0.3) is 0 Å². The first kappa shape index (κ1) is 13.8. The fourth-order valence-electron chi connectivity index (χ4n) is 1.90. The fourth-order valence-corrected chi connectivity index (χ4v) is 1.90. The second-order valence-electron chi connectivity index (χ2n) is 3.88. The highest BCUT2D eigenvalue weighted by Crippen LogP contribution is 2.25. The average molecular weight is 253 g/mol. The van der Waals surface area contributed by atoms with E-state index in [0.717, 1.165) is 7.11 Å². The van der Waals surface area contributed by atoms with Crippen LogP contribution in [0.5, 0.6) is 0 Å². The van der Waals surface area contributed by atoms with Crippen molar-refractivity contribution in [1.82, 2.24) is 4.90 Å². The van der Waals surface area contributed by atoms with Crippen LogP contribution in [-0.2, 0) is 14.3 Å². The molecule has 0 aliphatic carbocycles. The van der Waals surface area contributed by atoms with Crippen molar-refractivity contribution in [2.45, 2.75) is 37.9 Å². The van der Waals surface area contributed by atoms with Gasteiger partial charge >= 0.3 is 18.1 Å². The maximum atomic E-state index is 12.4. The summed E-state index contributed by atoms with van der Waals surface area (Å²) in [7, 11) is 1.10. The van der Waals surface area contributed by atoms with Gasteiger partial charge in [-0.1, -0.05) is 12.8 Å². The largest absolute Gasteiger partial charge is 0.471 e. The summed E-state index contributed by atoms with van der Waals surface area (Å²) in [4.78, 5) is 23.2. The number of esters is 1. The Balaban J connectivity index is 2.89. The quantitative estimate of drug-likeness (QED) is 0.665. The number of halogens is 3. The van der Waals surface area contributed by atoms with E-state index in [1.807, 2.05) is 0 Å². The van der Waals surface area contributed by atoms with Gasteiger partial charge in [-0.05, 0) is 12.8 Å². The van der Waals surface area contributed by atoms with Gasteiger partial charge in [0.1, 0.15) is 6.04 Å². The second kappa shape index (κ2) is 5.37. The number of alkyl halides is 3. The zero-order chi connectivity index (χ0) is 13.1. The van der Waals surface area contributed by atoms with Crippen molar-refractivity contribution >= 4 is 11.9 Å². The van der Waals surface area contributed by atoms with E-state index in [0.29, 0.717) is 24.2 Å². The Kier molecular flexibility index (Phi) is 4.36. The minimum absolute atomic E-state index is 0.0574. The zero-order valence-electron chi connectivity index (χ0n) is 9.42. The minimum Gasteiger partial charge on any atom is -0.467 e. The van der Waals surface area contributed by atoms with Crippen LogP contribution in [0.3, 0.4) is 0 Å². The van der Waals surface area contributed by atoms with Crippen molar-refractivity contribution < 1.29 is 27.5 Å². The number of amides is 1. The van der Waals surface area contributed by atoms with Crippen molar-refractivity contribution in [3.05, 3.63) is 0 Å². The number of nitrogens with zero attached hydrogens (tertiary/aromatic N) is 1. The SMILES string of the molecule is COC(=O)[C@@H]1CCCCCN1C(=O)C(F)(F)F. The van der Waals surface area contributed by atoms with E-state index in [1.54, 1.807) is 0 Å². The molecular weight excluding hydrogens is 239 g/mol. The summed E-state index contributed by atoms with van der Waals surface area (Å²) in [6, 6.07) is -1.11. The summed E-state index contributed by atoms with van der Waals surface area (Å²) >= 11 is 0. The number of rotatable bonds is 1. The number of carbonyl (C=O) groups excluding carboxylic acids is 2. The van der Waals surface area contributed by atoms with Gasteiger partial charge in [0.05, 0.1) is 7.11 Å². The van der Waals surface area contributed by atoms with E-state index in [9.17, 15) is 22.8 Å². The molecule has 17 heavy (non-hydrogen) atoms. The molecule has 1 aliphatic heterocycles. The van der Waals surface area contributed by atoms with E-state index < -0.39 is 24.1 Å². The van der Waals surface area contributed by atoms with E-state index in [2.05, 4.69) is 4.74 Å². The summed E-state index contributed by atoms with van der Waals surface area (Å²) in [6.07, 6.45) is -2.95. The third-order valence-electron chi connectivity index (χ3n) is 2.73. The van der Waals surface area contributed by atoms with Gasteiger partial charge in [0.25, 0.3) is 0 Å². The molecule has 1 atom stereocenters. The van der Waals surface area contributed by atoms with Crippen LogP contribution in [-0.4, -0.2) is 42.6 Å². The Morgan fingerprint density at radius 3 is 2.41 bits per heavy atom. The smallest absolute Gasteiger partial charge is 0.467 e. The Hall–Kier alpha value is -1.27. The topological polar surface area (TPSA) is 46.6 Å². The Labute approximate surface area is 96.7 Å². The first-order valence-electron chi connectivity index (χ1n) is 5.33. The molecule has 0 aromatic rings. The Bertz CT molecular complexity index is 304. The predicted molar refractivity (Wildman–Crippen MR) is 52.0 cm³/mol. The molecule has 4 nitrogen and oxygen atoms in total.